The van der Waals surface area contributed by atoms with Crippen LogP contribution in [0.5, 0.6) is 11.5 Å². The number of ether oxygens (including phenoxy) is 1. The summed E-state index contributed by atoms with van der Waals surface area (Å²) in [6.07, 6.45) is 6.92. The van der Waals surface area contributed by atoms with E-state index in [-0.39, 0.29) is 34.9 Å². The number of benzene rings is 3. The van der Waals surface area contributed by atoms with Gasteiger partial charge in [-0.2, -0.15) is 0 Å². The fourth-order valence-electron chi connectivity index (χ4n) is 8.31. The van der Waals surface area contributed by atoms with Gasteiger partial charge in [0.15, 0.2) is 0 Å². The summed E-state index contributed by atoms with van der Waals surface area (Å²) in [6.45, 7) is 6.94. The molecule has 0 radical (unpaired) electrons. The molecular weight excluding hydrogens is 575 g/mol. The third kappa shape index (κ3) is 6.09. The third-order valence-corrected chi connectivity index (χ3v) is 11.4. The first-order valence-corrected chi connectivity index (χ1v) is 17.0. The van der Waals surface area contributed by atoms with Crippen molar-refractivity contribution in [2.24, 2.45) is 23.2 Å². The van der Waals surface area contributed by atoms with E-state index in [0.29, 0.717) is 41.2 Å². The Morgan fingerprint density at radius 3 is 2.33 bits per heavy atom. The standard InChI is InChI=1S/C38H45BN2O5/c1-37(2)28-23-32(37)38(3)33(24-28)45-39(46-38)34(21-26-14-10-15-26)41-36(43)31(20-25-12-6-4-7-13-25)40-35(42)27-16-11-19-30(22-27)44-29-17-8-5-9-18-29/h4-9,11-13,16-19,22,26,28,31-34H,10,14-15,20-21,23-24H2,1-3H3,(H,40,42)(H,41,43)/t28-,31-,32?,33+,34-,38-/m0/s1. The summed E-state index contributed by atoms with van der Waals surface area (Å²) in [7, 11) is -0.505. The van der Waals surface area contributed by atoms with Crippen molar-refractivity contribution in [2.75, 3.05) is 0 Å². The van der Waals surface area contributed by atoms with Gasteiger partial charge in [-0.05, 0) is 85.3 Å². The number of hydrogen-bond acceptors (Lipinski definition) is 5. The van der Waals surface area contributed by atoms with E-state index in [4.69, 9.17) is 14.0 Å². The fourth-order valence-corrected chi connectivity index (χ4v) is 8.31. The summed E-state index contributed by atoms with van der Waals surface area (Å²) in [6, 6.07) is 25.5. The minimum atomic E-state index is -0.788. The van der Waals surface area contributed by atoms with Gasteiger partial charge in [0.05, 0.1) is 17.6 Å². The molecule has 2 bridgehead atoms. The number of nitrogens with one attached hydrogen (secondary N) is 2. The maximum Gasteiger partial charge on any atom is 0.481 e. The average Bonchev–Trinajstić information content (AvgIpc) is 3.40. The molecule has 2 N–H and O–H groups in total. The van der Waals surface area contributed by atoms with E-state index in [1.54, 1.807) is 18.2 Å². The van der Waals surface area contributed by atoms with Gasteiger partial charge in [0.2, 0.25) is 5.91 Å². The molecule has 4 aliphatic carbocycles. The van der Waals surface area contributed by atoms with E-state index < -0.39 is 13.2 Å². The van der Waals surface area contributed by atoms with Gasteiger partial charge in [0.25, 0.3) is 5.91 Å². The van der Waals surface area contributed by atoms with Crippen LogP contribution >= 0.6 is 0 Å². The molecule has 5 aliphatic rings. The molecule has 2 amide bonds. The second kappa shape index (κ2) is 12.5. The van der Waals surface area contributed by atoms with Crippen LogP contribution in [-0.4, -0.2) is 42.6 Å². The van der Waals surface area contributed by atoms with Crippen molar-refractivity contribution >= 4 is 18.9 Å². The molecule has 4 saturated carbocycles. The van der Waals surface area contributed by atoms with Crippen LogP contribution in [0.1, 0.15) is 75.2 Å². The first-order valence-electron chi connectivity index (χ1n) is 17.0. The lowest BCUT2D eigenvalue weighted by atomic mass is 9.43. The van der Waals surface area contributed by atoms with Gasteiger partial charge < -0.3 is 24.7 Å². The molecule has 7 nitrogen and oxygen atoms in total. The molecule has 0 aromatic heterocycles. The number of rotatable bonds is 11. The lowest BCUT2D eigenvalue weighted by Gasteiger charge is -2.64. The van der Waals surface area contributed by atoms with Crippen LogP contribution in [0.25, 0.3) is 0 Å². The molecule has 46 heavy (non-hydrogen) atoms. The topological polar surface area (TPSA) is 85.9 Å². The molecular formula is C38H45BN2O5. The number of carbonyl (C=O) groups excluding carboxylic acids is 2. The molecule has 1 unspecified atom stereocenters. The quantitative estimate of drug-likeness (QED) is 0.232. The predicted octanol–water partition coefficient (Wildman–Crippen LogP) is 6.76. The maximum atomic E-state index is 14.2. The Kier molecular flexibility index (Phi) is 8.45. The van der Waals surface area contributed by atoms with Crippen LogP contribution in [0.4, 0.5) is 0 Å². The summed E-state index contributed by atoms with van der Waals surface area (Å²) in [4.78, 5) is 27.8. The van der Waals surface area contributed by atoms with E-state index in [0.717, 1.165) is 31.2 Å². The molecule has 5 fully saturated rings. The van der Waals surface area contributed by atoms with E-state index in [2.05, 4.69) is 31.4 Å². The minimum Gasteiger partial charge on any atom is -0.457 e. The highest BCUT2D eigenvalue weighted by molar-refractivity contribution is 6.48. The van der Waals surface area contributed by atoms with E-state index in [9.17, 15) is 9.59 Å². The van der Waals surface area contributed by atoms with Crippen LogP contribution < -0.4 is 15.4 Å². The van der Waals surface area contributed by atoms with E-state index in [1.165, 1.54) is 12.8 Å². The summed E-state index contributed by atoms with van der Waals surface area (Å²) >= 11 is 0. The Labute approximate surface area is 272 Å². The zero-order valence-electron chi connectivity index (χ0n) is 27.1. The summed E-state index contributed by atoms with van der Waals surface area (Å²) in [5.41, 5.74) is 1.28. The fraction of sp³-hybridized carbons (Fsp3) is 0.474. The average molecular weight is 621 g/mol. The van der Waals surface area contributed by atoms with Gasteiger partial charge in [-0.25, -0.2) is 0 Å². The van der Waals surface area contributed by atoms with E-state index >= 15 is 0 Å². The van der Waals surface area contributed by atoms with Crippen molar-refractivity contribution in [1.29, 1.82) is 0 Å². The summed E-state index contributed by atoms with van der Waals surface area (Å²) in [5, 5.41) is 6.37. The van der Waals surface area contributed by atoms with Crippen molar-refractivity contribution in [3.8, 4) is 11.5 Å². The monoisotopic (exact) mass is 620 g/mol. The highest BCUT2D eigenvalue weighted by atomic mass is 16.7. The first kappa shape index (κ1) is 31.0. The Hall–Kier alpha value is -3.62. The van der Waals surface area contributed by atoms with Crippen molar-refractivity contribution in [1.82, 2.24) is 10.6 Å². The van der Waals surface area contributed by atoms with Crippen LogP contribution in [0.2, 0.25) is 0 Å². The highest BCUT2D eigenvalue weighted by Gasteiger charge is 2.68. The van der Waals surface area contributed by atoms with Gasteiger partial charge in [-0.3, -0.25) is 9.59 Å². The van der Waals surface area contributed by atoms with Gasteiger partial charge in [0, 0.05) is 12.0 Å². The lowest BCUT2D eigenvalue weighted by Crippen LogP contribution is -2.65. The maximum absolute atomic E-state index is 14.2. The van der Waals surface area contributed by atoms with Crippen LogP contribution in [0, 0.1) is 23.2 Å². The molecule has 240 valence electrons. The number of carbonyl (C=O) groups is 2. The molecule has 3 aromatic carbocycles. The molecule has 0 spiro atoms. The normalized spacial score (nSPS) is 27.4. The smallest absolute Gasteiger partial charge is 0.457 e. The molecule has 8 heteroatoms. The van der Waals surface area contributed by atoms with Crippen LogP contribution in [-0.2, 0) is 20.5 Å². The zero-order chi connectivity index (χ0) is 31.9. The van der Waals surface area contributed by atoms with E-state index in [1.807, 2.05) is 66.7 Å². The van der Waals surface area contributed by atoms with Crippen molar-refractivity contribution < 1.29 is 23.6 Å². The lowest BCUT2D eigenvalue weighted by molar-refractivity contribution is -0.199. The third-order valence-electron chi connectivity index (χ3n) is 11.4. The predicted molar refractivity (Wildman–Crippen MR) is 178 cm³/mol. The molecule has 1 heterocycles. The van der Waals surface area contributed by atoms with Gasteiger partial charge in [-0.1, -0.05) is 87.7 Å². The SMILES string of the molecule is CC1(C)C2C[C@H]1C[C@H]1OB([C@H](CC3CCC3)NC(=O)[C@H](Cc3ccccc3)NC(=O)c3cccc(Oc4ccccc4)c3)O[C@@]21C. The van der Waals surface area contributed by atoms with Gasteiger partial charge >= 0.3 is 7.12 Å². The van der Waals surface area contributed by atoms with Crippen LogP contribution in [0.3, 0.4) is 0 Å². The van der Waals surface area contributed by atoms with Crippen molar-refractivity contribution in [2.45, 2.75) is 89.4 Å². The Balaban J connectivity index is 1.09. The zero-order valence-corrected chi connectivity index (χ0v) is 27.1. The molecule has 6 atom stereocenters. The Morgan fingerprint density at radius 1 is 0.913 bits per heavy atom. The minimum absolute atomic E-state index is 0.0419. The Bertz CT molecular complexity index is 1550. The number of amides is 2. The Morgan fingerprint density at radius 2 is 1.63 bits per heavy atom. The largest absolute Gasteiger partial charge is 0.481 e. The highest BCUT2D eigenvalue weighted by Crippen LogP contribution is 2.65. The molecule has 3 aromatic rings. The van der Waals surface area contributed by atoms with Gasteiger partial charge in [0.1, 0.15) is 17.5 Å². The number of hydrogen-bond donors (Lipinski definition) is 2. The molecule has 8 rings (SSSR count). The van der Waals surface area contributed by atoms with Gasteiger partial charge in [-0.15, -0.1) is 0 Å². The molecule has 1 saturated heterocycles. The number of para-hydroxylation sites is 1. The van der Waals surface area contributed by atoms with Crippen molar-refractivity contribution in [3.63, 3.8) is 0 Å². The molecule has 1 aliphatic heterocycles. The van der Waals surface area contributed by atoms with Crippen LogP contribution in [0.15, 0.2) is 84.9 Å². The summed E-state index contributed by atoms with van der Waals surface area (Å²) in [5.74, 6) is 2.01. The first-order chi connectivity index (χ1) is 22.2. The summed E-state index contributed by atoms with van der Waals surface area (Å²) < 4.78 is 19.5. The van der Waals surface area contributed by atoms with Crippen molar-refractivity contribution in [3.05, 3.63) is 96.1 Å². The second-order valence-corrected chi connectivity index (χ2v) is 14.6. The second-order valence-electron chi connectivity index (χ2n) is 14.6.